The second kappa shape index (κ2) is 11.0. The molecule has 0 aliphatic rings. The van der Waals surface area contributed by atoms with E-state index in [9.17, 15) is 0 Å². The fourth-order valence-electron chi connectivity index (χ4n) is 2.15. The molecule has 0 aromatic carbocycles. The van der Waals surface area contributed by atoms with Crippen molar-refractivity contribution in [3.63, 3.8) is 0 Å². The summed E-state index contributed by atoms with van der Waals surface area (Å²) < 4.78 is 29.1. The molecule has 0 spiro atoms. The van der Waals surface area contributed by atoms with Gasteiger partial charge in [-0.2, -0.15) is 12.6 Å². The summed E-state index contributed by atoms with van der Waals surface area (Å²) in [4.78, 5) is 0. The van der Waals surface area contributed by atoms with Crippen LogP contribution < -0.4 is 0 Å². The maximum Gasteiger partial charge on any atom is 0.563 e. The first-order chi connectivity index (χ1) is 9.61. The summed E-state index contributed by atoms with van der Waals surface area (Å²) in [6, 6.07) is 0. The van der Waals surface area contributed by atoms with Gasteiger partial charge in [-0.25, -0.2) is 0 Å². The van der Waals surface area contributed by atoms with Gasteiger partial charge in [0.25, 0.3) is 0 Å². The Bertz CT molecular complexity index is 233. The fraction of sp³-hybridized carbons (Fsp3) is 1.00. The fourth-order valence-corrected chi connectivity index (χ4v) is 5.10. The van der Waals surface area contributed by atoms with E-state index in [2.05, 4.69) is 12.6 Å². The van der Waals surface area contributed by atoms with E-state index in [1.165, 1.54) is 0 Å². The zero-order chi connectivity index (χ0) is 15.5. The lowest BCUT2D eigenvalue weighted by Gasteiger charge is -2.42. The molecule has 0 saturated carbocycles. The van der Waals surface area contributed by atoms with Crippen LogP contribution in [0.3, 0.4) is 0 Å². The highest BCUT2D eigenvalue weighted by atomic mass is 32.1. The van der Waals surface area contributed by atoms with Gasteiger partial charge in [-0.3, -0.25) is 0 Å². The smallest absolute Gasteiger partial charge is 0.374 e. The minimum atomic E-state index is -3.08. The Hall–Kier alpha value is 0.367. The van der Waals surface area contributed by atoms with E-state index in [0.29, 0.717) is 26.2 Å². The van der Waals surface area contributed by atoms with E-state index in [1.807, 2.05) is 20.8 Å². The Kier molecular flexibility index (Phi) is 11.2. The molecule has 0 heterocycles. The lowest BCUT2D eigenvalue weighted by Crippen LogP contribution is -2.67. The van der Waals surface area contributed by atoms with Crippen molar-refractivity contribution in [3.05, 3.63) is 0 Å². The highest BCUT2D eigenvalue weighted by molar-refractivity contribution is 7.80. The first-order valence-corrected chi connectivity index (χ1v) is 9.60. The van der Waals surface area contributed by atoms with Crippen LogP contribution in [0.1, 0.15) is 40.0 Å². The van der Waals surface area contributed by atoms with Crippen molar-refractivity contribution >= 4 is 21.4 Å². The summed E-state index contributed by atoms with van der Waals surface area (Å²) in [7, 11) is 0.104. The molecular weight excluding hydrogens is 296 g/mol. The number of ether oxygens (including phenoxy) is 2. The maximum atomic E-state index is 6.00. The number of unbranched alkanes of at least 4 members (excludes halogenated alkanes) is 1. The summed E-state index contributed by atoms with van der Waals surface area (Å²) in [5.74, 6) is 0.841. The van der Waals surface area contributed by atoms with E-state index < -0.39 is 14.2 Å². The van der Waals surface area contributed by atoms with E-state index in [4.69, 9.17) is 22.8 Å². The molecule has 122 valence electrons. The minimum absolute atomic E-state index is 0.509. The van der Waals surface area contributed by atoms with Gasteiger partial charge in [0, 0.05) is 40.5 Å². The standard InChI is InChI=1S/C13H30O5SSi/c1-6-13(16-7-2,17-8-3)20(14-4,15-5)18-11-9-10-12-19/h19H,6-12H2,1-5H3. The molecule has 0 aromatic heterocycles. The van der Waals surface area contributed by atoms with Crippen LogP contribution >= 0.6 is 12.6 Å². The number of rotatable bonds is 13. The summed E-state index contributed by atoms with van der Waals surface area (Å²) in [6.07, 6.45) is 2.50. The first-order valence-electron chi connectivity index (χ1n) is 7.24. The van der Waals surface area contributed by atoms with Crippen LogP contribution in [0.15, 0.2) is 0 Å². The molecule has 0 rings (SSSR count). The van der Waals surface area contributed by atoms with E-state index in [0.717, 1.165) is 18.6 Å². The van der Waals surface area contributed by atoms with E-state index in [-0.39, 0.29) is 0 Å². The van der Waals surface area contributed by atoms with Crippen LogP contribution in [0, 0.1) is 0 Å². The Morgan fingerprint density at radius 2 is 1.50 bits per heavy atom. The van der Waals surface area contributed by atoms with Crippen LogP contribution in [0.4, 0.5) is 0 Å². The van der Waals surface area contributed by atoms with Gasteiger partial charge in [0.1, 0.15) is 0 Å². The topological polar surface area (TPSA) is 46.2 Å². The van der Waals surface area contributed by atoms with Gasteiger partial charge in [-0.05, 0) is 32.4 Å². The average Bonchev–Trinajstić information content (AvgIpc) is 2.48. The molecule has 0 N–H and O–H groups in total. The highest BCUT2D eigenvalue weighted by Gasteiger charge is 2.62. The Morgan fingerprint density at radius 1 is 0.950 bits per heavy atom. The van der Waals surface area contributed by atoms with Crippen molar-refractivity contribution in [2.75, 3.05) is 39.8 Å². The molecule has 0 aromatic rings. The molecule has 0 fully saturated rings. The van der Waals surface area contributed by atoms with E-state index >= 15 is 0 Å². The van der Waals surface area contributed by atoms with Gasteiger partial charge in [-0.15, -0.1) is 0 Å². The molecule has 0 saturated heterocycles. The molecule has 5 nitrogen and oxygen atoms in total. The molecule has 0 amide bonds. The Balaban J connectivity index is 5.10. The van der Waals surface area contributed by atoms with Crippen molar-refractivity contribution in [1.82, 2.24) is 0 Å². The second-order valence-corrected chi connectivity index (χ2v) is 7.64. The van der Waals surface area contributed by atoms with Gasteiger partial charge in [0.05, 0.1) is 0 Å². The van der Waals surface area contributed by atoms with Crippen molar-refractivity contribution < 1.29 is 22.8 Å². The minimum Gasteiger partial charge on any atom is -0.374 e. The normalized spacial score (nSPS) is 12.9. The zero-order valence-corrected chi connectivity index (χ0v) is 15.3. The first kappa shape index (κ1) is 20.4. The lowest BCUT2D eigenvalue weighted by molar-refractivity contribution is -0.219. The third-order valence-corrected chi connectivity index (χ3v) is 6.62. The molecule has 0 unspecified atom stereocenters. The third kappa shape index (κ3) is 4.98. The van der Waals surface area contributed by atoms with Crippen molar-refractivity contribution in [2.24, 2.45) is 0 Å². The van der Waals surface area contributed by atoms with Crippen LogP contribution in [0.25, 0.3) is 0 Å². The summed E-state index contributed by atoms with van der Waals surface area (Å²) in [5, 5.41) is 0. The monoisotopic (exact) mass is 326 g/mol. The number of thiol groups is 1. The van der Waals surface area contributed by atoms with Crippen LogP contribution in [0.2, 0.25) is 0 Å². The Labute approximate surface area is 130 Å². The quantitative estimate of drug-likeness (QED) is 0.244. The maximum absolute atomic E-state index is 6.00. The van der Waals surface area contributed by atoms with Crippen molar-refractivity contribution in [2.45, 2.75) is 45.4 Å². The molecule has 0 bridgehead atoms. The predicted molar refractivity (Wildman–Crippen MR) is 85.1 cm³/mol. The SMILES string of the molecule is CCOC(CC)(OCC)[Si](OC)(OC)OCCCCS. The predicted octanol–water partition coefficient (Wildman–Crippen LogP) is 2.66. The highest BCUT2D eigenvalue weighted by Crippen LogP contribution is 2.32. The van der Waals surface area contributed by atoms with Crippen molar-refractivity contribution in [3.8, 4) is 0 Å². The molecule has 7 heteroatoms. The Morgan fingerprint density at radius 3 is 1.85 bits per heavy atom. The summed E-state index contributed by atoms with van der Waals surface area (Å²) >= 11 is 4.20. The molecular formula is C13H30O5SSi. The van der Waals surface area contributed by atoms with Crippen molar-refractivity contribution in [1.29, 1.82) is 0 Å². The summed E-state index contributed by atoms with van der Waals surface area (Å²) in [6.45, 7) is 7.41. The summed E-state index contributed by atoms with van der Waals surface area (Å²) in [5.41, 5.74) is -0.943. The van der Waals surface area contributed by atoms with Crippen LogP contribution in [-0.2, 0) is 22.8 Å². The third-order valence-electron chi connectivity index (χ3n) is 3.07. The van der Waals surface area contributed by atoms with Gasteiger partial charge < -0.3 is 22.8 Å². The van der Waals surface area contributed by atoms with Crippen LogP contribution in [-0.4, -0.2) is 54.0 Å². The average molecular weight is 327 g/mol. The van der Waals surface area contributed by atoms with E-state index in [1.54, 1.807) is 14.2 Å². The molecule has 0 aliphatic heterocycles. The van der Waals surface area contributed by atoms with Gasteiger partial charge in [0.2, 0.25) is 5.41 Å². The number of hydrogen-bond donors (Lipinski definition) is 1. The largest absolute Gasteiger partial charge is 0.563 e. The number of hydrogen-bond acceptors (Lipinski definition) is 6. The molecule has 0 aliphatic carbocycles. The molecule has 0 atom stereocenters. The lowest BCUT2D eigenvalue weighted by atomic mass is 10.4. The van der Waals surface area contributed by atoms with Gasteiger partial charge in [-0.1, -0.05) is 6.92 Å². The van der Waals surface area contributed by atoms with Gasteiger partial charge >= 0.3 is 8.80 Å². The van der Waals surface area contributed by atoms with Gasteiger partial charge in [0.15, 0.2) is 0 Å². The second-order valence-electron chi connectivity index (χ2n) is 4.22. The van der Waals surface area contributed by atoms with Crippen LogP contribution in [0.5, 0.6) is 0 Å². The zero-order valence-electron chi connectivity index (χ0n) is 13.4. The molecule has 0 radical (unpaired) electrons. The molecule has 20 heavy (non-hydrogen) atoms.